The molecule has 2 fully saturated rings. The minimum absolute atomic E-state index is 0.0178. The quantitative estimate of drug-likeness (QED) is 0.0791. The zero-order valence-corrected chi connectivity index (χ0v) is 31.0. The number of nitrogens with one attached hydrogen (secondary N) is 4. The summed E-state index contributed by atoms with van der Waals surface area (Å²) in [6.07, 6.45) is 5.27. The van der Waals surface area contributed by atoms with Gasteiger partial charge in [-0.05, 0) is 73.9 Å². The van der Waals surface area contributed by atoms with Gasteiger partial charge in [-0.1, -0.05) is 61.3 Å². The molecule has 0 unspecified atom stereocenters. The summed E-state index contributed by atoms with van der Waals surface area (Å²) >= 11 is 11.9. The van der Waals surface area contributed by atoms with E-state index in [1.165, 1.54) is 24.8 Å². The van der Waals surface area contributed by atoms with Crippen molar-refractivity contribution in [1.82, 2.24) is 41.0 Å². The molecule has 290 valence electrons. The maximum Gasteiger partial charge on any atom is 0.317 e. The Morgan fingerprint density at radius 1 is 0.691 bits per heavy atom. The van der Waals surface area contributed by atoms with Gasteiger partial charge in [-0.2, -0.15) is 17.6 Å². The van der Waals surface area contributed by atoms with Gasteiger partial charge in [0.25, 0.3) is 17.7 Å². The van der Waals surface area contributed by atoms with E-state index in [0.717, 1.165) is 49.7 Å². The second-order valence-electron chi connectivity index (χ2n) is 12.2. The van der Waals surface area contributed by atoms with E-state index < -0.39 is 30.6 Å². The fraction of sp³-hybridized carbons (Fsp3) is 0.333. The lowest BCUT2D eigenvalue weighted by atomic mass is 9.72. The van der Waals surface area contributed by atoms with Gasteiger partial charge in [0.1, 0.15) is 0 Å². The van der Waals surface area contributed by atoms with E-state index >= 15 is 0 Å². The van der Waals surface area contributed by atoms with Crippen LogP contribution in [0.15, 0.2) is 77.7 Å². The Bertz CT molecular complexity index is 2010. The van der Waals surface area contributed by atoms with Gasteiger partial charge >= 0.3 is 18.8 Å². The summed E-state index contributed by atoms with van der Waals surface area (Å²) in [5, 5.41) is 14.9. The highest BCUT2D eigenvalue weighted by Crippen LogP contribution is 2.45. The number of hydrogen-bond donors (Lipinski definition) is 4. The number of nitrogens with zero attached hydrogens (tertiary/aromatic N) is 6. The highest BCUT2D eigenvalue weighted by Gasteiger charge is 2.40. The summed E-state index contributed by atoms with van der Waals surface area (Å²) in [6, 6.07) is 15.2. The van der Waals surface area contributed by atoms with Crippen LogP contribution in [0.1, 0.15) is 86.2 Å². The third-order valence-corrected chi connectivity index (χ3v) is 9.35. The molecular formula is C36H36Cl2F4N10O3. The van der Waals surface area contributed by atoms with Crippen molar-refractivity contribution in [3.05, 3.63) is 106 Å². The Balaban J connectivity index is 0.000000202. The number of hydrogen-bond acceptors (Lipinski definition) is 11. The van der Waals surface area contributed by atoms with Crippen LogP contribution in [0, 0.1) is 0 Å². The molecule has 7 rings (SSSR count). The van der Waals surface area contributed by atoms with Crippen LogP contribution in [0.5, 0.6) is 0 Å². The fourth-order valence-corrected chi connectivity index (χ4v) is 5.95. The van der Waals surface area contributed by atoms with Gasteiger partial charge in [-0.25, -0.2) is 19.9 Å². The molecular weight excluding hydrogens is 767 g/mol. The summed E-state index contributed by atoms with van der Waals surface area (Å²) in [6.45, 7) is 4.00. The van der Waals surface area contributed by atoms with Crippen LogP contribution < -0.4 is 21.5 Å². The van der Waals surface area contributed by atoms with Crippen LogP contribution in [0.3, 0.4) is 0 Å². The van der Waals surface area contributed by atoms with Crippen molar-refractivity contribution in [2.75, 3.05) is 10.6 Å². The van der Waals surface area contributed by atoms with E-state index in [0.29, 0.717) is 27.5 Å². The van der Waals surface area contributed by atoms with Gasteiger partial charge in [0, 0.05) is 34.8 Å². The Labute approximate surface area is 323 Å². The fourth-order valence-electron chi connectivity index (χ4n) is 5.70. The maximum absolute atomic E-state index is 12.5. The highest BCUT2D eigenvalue weighted by atomic mass is 35.5. The zero-order valence-electron chi connectivity index (χ0n) is 29.5. The largest absolute Gasteiger partial charge is 0.415 e. The minimum atomic E-state index is -3.22. The molecule has 2 aliphatic carbocycles. The van der Waals surface area contributed by atoms with E-state index in [1.807, 2.05) is 67.8 Å². The molecule has 0 aliphatic heterocycles. The molecule has 3 heterocycles. The molecule has 0 atom stereocenters. The van der Waals surface area contributed by atoms with E-state index in [9.17, 15) is 27.2 Å². The van der Waals surface area contributed by atoms with Crippen molar-refractivity contribution < 1.29 is 31.6 Å². The molecule has 0 saturated heterocycles. The van der Waals surface area contributed by atoms with Crippen molar-refractivity contribution in [3.63, 3.8) is 0 Å². The Morgan fingerprint density at radius 2 is 1.15 bits per heavy atom. The summed E-state index contributed by atoms with van der Waals surface area (Å²) in [7, 11) is 0. The van der Waals surface area contributed by atoms with Crippen LogP contribution in [-0.2, 0) is 15.9 Å². The lowest BCUT2D eigenvalue weighted by Crippen LogP contribution is -2.44. The first-order valence-electron chi connectivity index (χ1n) is 17.2. The smallest absolute Gasteiger partial charge is 0.317 e. The average molecular weight is 804 g/mol. The van der Waals surface area contributed by atoms with Crippen molar-refractivity contribution >= 4 is 46.9 Å². The molecule has 2 aliphatic rings. The number of carbonyl (C=O) groups excluding carboxylic acids is 2. The number of aromatic nitrogens is 6. The number of carbonyl (C=O) groups is 2. The predicted molar refractivity (Wildman–Crippen MR) is 196 cm³/mol. The normalized spacial score (nSPS) is 14.9. The first kappa shape index (κ1) is 40.8. The molecule has 0 bridgehead atoms. The van der Waals surface area contributed by atoms with Gasteiger partial charge < -0.3 is 15.1 Å². The SMILES string of the molecule is CC.FC(F)c1nnc(-c2cnc(NC3(c4ccc(Cl)cc4)CCC3)nc2)o1.O=C(NNC(=O)C(F)F)c1cnc(NC2(c3ccc(Cl)cc3)CCC2)nc1. The van der Waals surface area contributed by atoms with E-state index in [1.54, 1.807) is 5.43 Å². The van der Waals surface area contributed by atoms with Crippen LogP contribution >= 0.6 is 23.2 Å². The number of hydrazine groups is 1. The number of alkyl halides is 4. The molecule has 2 aromatic carbocycles. The number of rotatable bonds is 10. The molecule has 19 heteroatoms. The molecule has 2 amide bonds. The van der Waals surface area contributed by atoms with E-state index in [2.05, 4.69) is 40.8 Å². The van der Waals surface area contributed by atoms with Gasteiger partial charge in [-0.3, -0.25) is 20.4 Å². The van der Waals surface area contributed by atoms with Crippen LogP contribution in [0.2, 0.25) is 10.0 Å². The van der Waals surface area contributed by atoms with E-state index in [-0.39, 0.29) is 22.5 Å². The average Bonchev–Trinajstić information content (AvgIpc) is 3.67. The molecule has 55 heavy (non-hydrogen) atoms. The number of anilines is 2. The second-order valence-corrected chi connectivity index (χ2v) is 13.1. The molecule has 0 radical (unpaired) electrons. The van der Waals surface area contributed by atoms with Crippen LogP contribution in [-0.4, -0.2) is 48.4 Å². The number of benzene rings is 2. The standard InChI is InChI=1S/C17H16ClF2N5O2.C17H14ClF2N5O.C2H6/c18-12-4-2-11(3-5-12)17(6-1-7-17)23-16-21-8-10(9-22-16)14(26)24-25-15(27)13(19)20;18-12-4-2-11(3-5-12)17(6-1-7-17)23-16-21-8-10(9-22-16)14-24-25-15(26-14)13(19)20;1-2/h2-5,8-9,13H,1,6-7H2,(H,24,26)(H,25,27)(H,21,22,23);2-5,8-9,13H,1,6-7H2,(H,21,22,23);1-2H3. The predicted octanol–water partition coefficient (Wildman–Crippen LogP) is 8.28. The molecule has 2 saturated carbocycles. The lowest BCUT2D eigenvalue weighted by Gasteiger charge is -2.43. The summed E-state index contributed by atoms with van der Waals surface area (Å²) in [4.78, 5) is 39.3. The third kappa shape index (κ3) is 10.0. The first-order valence-corrected chi connectivity index (χ1v) is 17.9. The topological polar surface area (TPSA) is 173 Å². The number of halogens is 6. The van der Waals surface area contributed by atoms with Gasteiger partial charge in [0.2, 0.25) is 11.9 Å². The summed E-state index contributed by atoms with van der Waals surface area (Å²) in [5.74, 6) is -2.39. The Morgan fingerprint density at radius 3 is 1.53 bits per heavy atom. The maximum atomic E-state index is 12.5. The lowest BCUT2D eigenvalue weighted by molar-refractivity contribution is -0.132. The Kier molecular flexibility index (Phi) is 13.5. The minimum Gasteiger partial charge on any atom is -0.415 e. The highest BCUT2D eigenvalue weighted by molar-refractivity contribution is 6.30. The second kappa shape index (κ2) is 18.3. The van der Waals surface area contributed by atoms with E-state index in [4.69, 9.17) is 27.6 Å². The van der Waals surface area contributed by atoms with Crippen molar-refractivity contribution in [3.8, 4) is 11.5 Å². The Hall–Kier alpha value is -5.42. The molecule has 3 aromatic heterocycles. The first-order chi connectivity index (χ1) is 26.4. The van der Waals surface area contributed by atoms with Gasteiger partial charge in [-0.15, -0.1) is 10.2 Å². The summed E-state index contributed by atoms with van der Waals surface area (Å²) < 4.78 is 54.1. The zero-order chi connectivity index (χ0) is 39.6. The van der Waals surface area contributed by atoms with Crippen LogP contribution in [0.25, 0.3) is 11.5 Å². The molecule has 5 aromatic rings. The number of amides is 2. The third-order valence-electron chi connectivity index (χ3n) is 8.85. The molecule has 13 nitrogen and oxygen atoms in total. The van der Waals surface area contributed by atoms with Gasteiger partial charge in [0.15, 0.2) is 0 Å². The summed E-state index contributed by atoms with van der Waals surface area (Å²) in [5.41, 5.74) is 5.55. The van der Waals surface area contributed by atoms with Gasteiger partial charge in [0.05, 0.1) is 22.2 Å². The molecule has 0 spiro atoms. The monoisotopic (exact) mass is 802 g/mol. The van der Waals surface area contributed by atoms with Crippen molar-refractivity contribution in [2.24, 2.45) is 0 Å². The van der Waals surface area contributed by atoms with Crippen LogP contribution in [0.4, 0.5) is 29.5 Å². The molecule has 4 N–H and O–H groups in total. The van der Waals surface area contributed by atoms with Crippen molar-refractivity contribution in [2.45, 2.75) is 76.3 Å². The van der Waals surface area contributed by atoms with Crippen molar-refractivity contribution in [1.29, 1.82) is 0 Å².